The molecule has 0 unspecified atom stereocenters. The first kappa shape index (κ1) is 13.4. The van der Waals surface area contributed by atoms with Crippen molar-refractivity contribution >= 4 is 28.7 Å². The molecule has 2 rings (SSSR count). The van der Waals surface area contributed by atoms with E-state index in [0.29, 0.717) is 11.3 Å². The summed E-state index contributed by atoms with van der Waals surface area (Å²) in [6.45, 7) is 0.773. The van der Waals surface area contributed by atoms with Crippen LogP contribution >= 0.6 is 11.3 Å². The van der Waals surface area contributed by atoms with Gasteiger partial charge in [0, 0.05) is 11.4 Å². The molecule has 1 aromatic heterocycles. The molecule has 0 atom stereocenters. The summed E-state index contributed by atoms with van der Waals surface area (Å²) in [5.74, 6) is -0.360. The number of ether oxygens (including phenoxy) is 1. The van der Waals surface area contributed by atoms with Crippen molar-refractivity contribution in [2.24, 2.45) is 0 Å². The first-order valence-corrected chi connectivity index (χ1v) is 6.83. The van der Waals surface area contributed by atoms with E-state index in [1.165, 1.54) is 12.0 Å². The second-order valence-electron chi connectivity index (χ2n) is 4.05. The topological polar surface area (TPSA) is 64.3 Å². The summed E-state index contributed by atoms with van der Waals surface area (Å²) < 4.78 is 4.69. The van der Waals surface area contributed by atoms with E-state index in [1.807, 2.05) is 6.07 Å². The summed E-state index contributed by atoms with van der Waals surface area (Å²) in [4.78, 5) is 12.8. The highest BCUT2D eigenvalue weighted by Crippen LogP contribution is 2.20. The molecule has 0 aliphatic heterocycles. The van der Waals surface area contributed by atoms with E-state index in [9.17, 15) is 4.79 Å². The summed E-state index contributed by atoms with van der Waals surface area (Å²) in [6.07, 6.45) is 0.930. The second-order valence-corrected chi connectivity index (χ2v) is 5.08. The van der Waals surface area contributed by atoms with Crippen molar-refractivity contribution in [3.05, 3.63) is 46.2 Å². The zero-order valence-corrected chi connectivity index (χ0v) is 11.5. The second kappa shape index (κ2) is 6.24. The van der Waals surface area contributed by atoms with E-state index < -0.39 is 0 Å². The Bertz CT molecular complexity index is 553. The van der Waals surface area contributed by atoms with Crippen LogP contribution in [0.2, 0.25) is 0 Å². The highest BCUT2D eigenvalue weighted by atomic mass is 32.1. The molecular weight excluding hydrogens is 260 g/mol. The van der Waals surface area contributed by atoms with Crippen molar-refractivity contribution in [1.82, 2.24) is 0 Å². The molecule has 0 aliphatic carbocycles. The summed E-state index contributed by atoms with van der Waals surface area (Å²) in [5, 5.41) is 5.30. The first-order valence-electron chi connectivity index (χ1n) is 5.95. The van der Waals surface area contributed by atoms with Gasteiger partial charge in [0.2, 0.25) is 0 Å². The number of hydrogen-bond donors (Lipinski definition) is 2. The molecule has 3 N–H and O–H groups in total. The van der Waals surface area contributed by atoms with Crippen LogP contribution in [0.25, 0.3) is 0 Å². The van der Waals surface area contributed by atoms with Gasteiger partial charge in [0.05, 0.1) is 24.0 Å². The minimum Gasteiger partial charge on any atom is -0.465 e. The van der Waals surface area contributed by atoms with Gasteiger partial charge in [0.1, 0.15) is 0 Å². The number of rotatable bonds is 5. The third kappa shape index (κ3) is 3.48. The predicted octanol–water partition coefficient (Wildman–Crippen LogP) is 2.77. The average Bonchev–Trinajstić information content (AvgIpc) is 2.93. The Morgan fingerprint density at radius 3 is 2.95 bits per heavy atom. The minimum atomic E-state index is -0.360. The maximum absolute atomic E-state index is 11.4. The normalized spacial score (nSPS) is 10.2. The predicted molar refractivity (Wildman–Crippen MR) is 78.7 cm³/mol. The molecule has 0 amide bonds. The lowest BCUT2D eigenvalue weighted by Gasteiger charge is -2.10. The number of benzene rings is 1. The Balaban J connectivity index is 2.00. The largest absolute Gasteiger partial charge is 0.465 e. The molecular formula is C14H16N2O2S. The number of nitrogen functional groups attached to an aromatic ring is 1. The zero-order chi connectivity index (χ0) is 13.7. The molecule has 5 heteroatoms. The van der Waals surface area contributed by atoms with Crippen LogP contribution in [0.4, 0.5) is 11.4 Å². The van der Waals surface area contributed by atoms with E-state index in [4.69, 9.17) is 5.73 Å². The zero-order valence-electron chi connectivity index (χ0n) is 10.7. The van der Waals surface area contributed by atoms with Gasteiger partial charge in [-0.1, -0.05) is 6.07 Å². The SMILES string of the molecule is COC(=O)c1ccc(N)c(NCCc2cccs2)c1. The van der Waals surface area contributed by atoms with E-state index in [-0.39, 0.29) is 5.97 Å². The van der Waals surface area contributed by atoms with E-state index >= 15 is 0 Å². The van der Waals surface area contributed by atoms with Crippen LogP contribution in [0.1, 0.15) is 15.2 Å². The number of nitrogens with two attached hydrogens (primary N) is 1. The lowest BCUT2D eigenvalue weighted by atomic mass is 10.1. The fraction of sp³-hybridized carbons (Fsp3) is 0.214. The third-order valence-electron chi connectivity index (χ3n) is 2.74. The fourth-order valence-corrected chi connectivity index (χ4v) is 2.44. The molecule has 2 aromatic rings. The number of thiophene rings is 1. The highest BCUT2D eigenvalue weighted by molar-refractivity contribution is 7.09. The van der Waals surface area contributed by atoms with Gasteiger partial charge in [-0.15, -0.1) is 11.3 Å². The van der Waals surface area contributed by atoms with Gasteiger partial charge in [-0.2, -0.15) is 0 Å². The number of esters is 1. The van der Waals surface area contributed by atoms with Crippen LogP contribution < -0.4 is 11.1 Å². The Labute approximate surface area is 116 Å². The number of carbonyl (C=O) groups excluding carboxylic acids is 1. The number of nitrogens with one attached hydrogen (secondary N) is 1. The molecule has 1 heterocycles. The van der Waals surface area contributed by atoms with Crippen LogP contribution in [0.15, 0.2) is 35.7 Å². The third-order valence-corrected chi connectivity index (χ3v) is 3.68. The van der Waals surface area contributed by atoms with Crippen molar-refractivity contribution in [3.63, 3.8) is 0 Å². The summed E-state index contributed by atoms with van der Waals surface area (Å²) in [7, 11) is 1.36. The van der Waals surface area contributed by atoms with Crippen LogP contribution in [-0.4, -0.2) is 19.6 Å². The number of hydrogen-bond acceptors (Lipinski definition) is 5. The minimum absolute atomic E-state index is 0.360. The standard InChI is InChI=1S/C14H16N2O2S/c1-18-14(17)10-4-5-12(15)13(9-10)16-7-6-11-3-2-8-19-11/h2-5,8-9,16H,6-7,15H2,1H3. The molecule has 0 bridgehead atoms. The summed E-state index contributed by atoms with van der Waals surface area (Å²) in [5.41, 5.74) is 7.76. The summed E-state index contributed by atoms with van der Waals surface area (Å²) >= 11 is 1.73. The van der Waals surface area contributed by atoms with Gasteiger partial charge in [-0.3, -0.25) is 0 Å². The smallest absolute Gasteiger partial charge is 0.337 e. The van der Waals surface area contributed by atoms with Crippen LogP contribution in [0, 0.1) is 0 Å². The average molecular weight is 276 g/mol. The van der Waals surface area contributed by atoms with Crippen LogP contribution in [-0.2, 0) is 11.2 Å². The lowest BCUT2D eigenvalue weighted by Crippen LogP contribution is -2.08. The first-order chi connectivity index (χ1) is 9.20. The van der Waals surface area contributed by atoms with Crippen molar-refractivity contribution in [3.8, 4) is 0 Å². The Morgan fingerprint density at radius 2 is 2.26 bits per heavy atom. The monoisotopic (exact) mass is 276 g/mol. The van der Waals surface area contributed by atoms with Crippen LogP contribution in [0.3, 0.4) is 0 Å². The molecule has 1 aromatic carbocycles. The van der Waals surface area contributed by atoms with Gasteiger partial charge < -0.3 is 15.8 Å². The van der Waals surface area contributed by atoms with Crippen molar-refractivity contribution in [2.75, 3.05) is 24.7 Å². The number of anilines is 2. The van der Waals surface area contributed by atoms with Gasteiger partial charge in [0.25, 0.3) is 0 Å². The summed E-state index contributed by atoms with van der Waals surface area (Å²) in [6, 6.07) is 9.22. The Morgan fingerprint density at radius 1 is 1.42 bits per heavy atom. The number of methoxy groups -OCH3 is 1. The fourth-order valence-electron chi connectivity index (χ4n) is 1.73. The molecule has 19 heavy (non-hydrogen) atoms. The molecule has 0 saturated carbocycles. The number of carbonyl (C=O) groups is 1. The Hall–Kier alpha value is -2.01. The molecule has 0 fully saturated rings. The molecule has 0 saturated heterocycles. The molecule has 0 spiro atoms. The molecule has 100 valence electrons. The van der Waals surface area contributed by atoms with E-state index in [0.717, 1.165) is 18.7 Å². The van der Waals surface area contributed by atoms with E-state index in [2.05, 4.69) is 21.5 Å². The Kier molecular flexibility index (Phi) is 4.41. The molecule has 0 radical (unpaired) electrons. The van der Waals surface area contributed by atoms with Gasteiger partial charge in [-0.25, -0.2) is 4.79 Å². The van der Waals surface area contributed by atoms with Gasteiger partial charge >= 0.3 is 5.97 Å². The van der Waals surface area contributed by atoms with Gasteiger partial charge in [0.15, 0.2) is 0 Å². The maximum Gasteiger partial charge on any atom is 0.337 e. The van der Waals surface area contributed by atoms with E-state index in [1.54, 1.807) is 29.5 Å². The maximum atomic E-state index is 11.4. The van der Waals surface area contributed by atoms with Crippen molar-refractivity contribution in [1.29, 1.82) is 0 Å². The van der Waals surface area contributed by atoms with Crippen molar-refractivity contribution in [2.45, 2.75) is 6.42 Å². The van der Waals surface area contributed by atoms with Crippen molar-refractivity contribution < 1.29 is 9.53 Å². The molecule has 4 nitrogen and oxygen atoms in total. The quantitative estimate of drug-likeness (QED) is 0.651. The van der Waals surface area contributed by atoms with Crippen LogP contribution in [0.5, 0.6) is 0 Å². The molecule has 0 aliphatic rings. The highest BCUT2D eigenvalue weighted by Gasteiger charge is 2.08. The lowest BCUT2D eigenvalue weighted by molar-refractivity contribution is 0.0601. The van der Waals surface area contributed by atoms with Gasteiger partial charge in [-0.05, 0) is 36.1 Å².